The van der Waals surface area contributed by atoms with E-state index in [0.29, 0.717) is 6.04 Å². The Hall–Kier alpha value is -1.40. The molecule has 5 nitrogen and oxygen atoms in total. The lowest BCUT2D eigenvalue weighted by atomic mass is 10.0. The Balaban J connectivity index is 1.91. The van der Waals surface area contributed by atoms with Gasteiger partial charge in [-0.2, -0.15) is 0 Å². The van der Waals surface area contributed by atoms with Crippen LogP contribution in [0.25, 0.3) is 0 Å². The molecule has 1 aliphatic heterocycles. The summed E-state index contributed by atoms with van der Waals surface area (Å²) >= 11 is 3.40. The minimum Gasteiger partial charge on any atom is -0.381 e. The summed E-state index contributed by atoms with van der Waals surface area (Å²) in [6.45, 7) is 9.07. The highest BCUT2D eigenvalue weighted by atomic mass is 79.9. The van der Waals surface area contributed by atoms with Gasteiger partial charge >= 0.3 is 0 Å². The molecule has 2 rings (SSSR count). The number of anilines is 1. The van der Waals surface area contributed by atoms with Crippen LogP contribution < -0.4 is 5.32 Å². The van der Waals surface area contributed by atoms with Crippen molar-refractivity contribution in [3.8, 4) is 0 Å². The number of rotatable bonds is 5. The van der Waals surface area contributed by atoms with Gasteiger partial charge in [0, 0.05) is 48.0 Å². The molecule has 0 aliphatic carbocycles. The van der Waals surface area contributed by atoms with E-state index in [0.717, 1.165) is 42.6 Å². The molecule has 0 unspecified atom stereocenters. The number of nitrogens with one attached hydrogen (secondary N) is 1. The van der Waals surface area contributed by atoms with Crippen molar-refractivity contribution in [1.29, 1.82) is 0 Å². The van der Waals surface area contributed by atoms with Crippen molar-refractivity contribution in [2.45, 2.75) is 25.8 Å². The number of nitrogens with zero attached hydrogens (tertiary/aromatic N) is 2. The van der Waals surface area contributed by atoms with Crippen molar-refractivity contribution < 1.29 is 4.92 Å². The van der Waals surface area contributed by atoms with E-state index in [1.54, 1.807) is 12.1 Å². The summed E-state index contributed by atoms with van der Waals surface area (Å²) in [5, 5.41) is 14.2. The molecule has 0 atom stereocenters. The topological polar surface area (TPSA) is 58.4 Å². The van der Waals surface area contributed by atoms with E-state index < -0.39 is 0 Å². The molecular weight excluding hydrogens is 334 g/mol. The summed E-state index contributed by atoms with van der Waals surface area (Å²) in [7, 11) is 0. The lowest BCUT2D eigenvalue weighted by molar-refractivity contribution is -0.384. The summed E-state index contributed by atoms with van der Waals surface area (Å²) < 4.78 is 0.737. The zero-order valence-corrected chi connectivity index (χ0v) is 13.7. The molecule has 1 fully saturated rings. The average Bonchev–Trinajstić information content (AvgIpc) is 2.42. The van der Waals surface area contributed by atoms with Crippen LogP contribution in [-0.2, 0) is 0 Å². The van der Waals surface area contributed by atoms with Gasteiger partial charge in [-0.15, -0.1) is 0 Å². The highest BCUT2D eigenvalue weighted by Gasteiger charge is 2.20. The number of benzene rings is 1. The summed E-state index contributed by atoms with van der Waals surface area (Å²) in [5.74, 6) is 0. The highest BCUT2D eigenvalue weighted by molar-refractivity contribution is 9.10. The van der Waals surface area contributed by atoms with E-state index in [2.05, 4.69) is 39.6 Å². The standard InChI is InChI=1S/C15H20BrN3O2/c1-11(2)10-18-7-5-12(6-8-18)17-15-4-3-13(19(20)21)9-14(15)16/h3-4,9,12,17H,1,5-8,10H2,2H3. The predicted molar refractivity (Wildman–Crippen MR) is 88.7 cm³/mol. The van der Waals surface area contributed by atoms with Gasteiger partial charge in [-0.1, -0.05) is 12.2 Å². The van der Waals surface area contributed by atoms with Crippen LogP contribution in [0, 0.1) is 10.1 Å². The van der Waals surface area contributed by atoms with Gasteiger partial charge in [0.05, 0.1) is 4.92 Å². The molecule has 1 saturated heterocycles. The zero-order chi connectivity index (χ0) is 15.4. The second-order valence-electron chi connectivity index (χ2n) is 5.57. The third kappa shape index (κ3) is 4.54. The van der Waals surface area contributed by atoms with Gasteiger partial charge in [-0.05, 0) is 41.8 Å². The predicted octanol–water partition coefficient (Wildman–Crippen LogP) is 3.81. The van der Waals surface area contributed by atoms with E-state index in [1.807, 2.05) is 0 Å². The van der Waals surface area contributed by atoms with Crippen molar-refractivity contribution in [2.24, 2.45) is 0 Å². The van der Waals surface area contributed by atoms with E-state index in [4.69, 9.17) is 0 Å². The number of non-ortho nitro benzene ring substituents is 1. The van der Waals surface area contributed by atoms with Crippen LogP contribution >= 0.6 is 15.9 Å². The molecule has 6 heteroatoms. The SMILES string of the molecule is C=C(C)CN1CCC(Nc2ccc([N+](=O)[O-])cc2Br)CC1. The molecule has 114 valence electrons. The van der Waals surface area contributed by atoms with E-state index >= 15 is 0 Å². The van der Waals surface area contributed by atoms with Gasteiger partial charge in [0.15, 0.2) is 0 Å². The Morgan fingerprint density at radius 3 is 2.71 bits per heavy atom. The van der Waals surface area contributed by atoms with Gasteiger partial charge in [0.1, 0.15) is 0 Å². The van der Waals surface area contributed by atoms with Crippen LogP contribution in [-0.4, -0.2) is 35.5 Å². The molecule has 1 N–H and O–H groups in total. The largest absolute Gasteiger partial charge is 0.381 e. The lowest BCUT2D eigenvalue weighted by Crippen LogP contribution is -2.39. The Labute approximate surface area is 133 Å². The Morgan fingerprint density at radius 1 is 1.52 bits per heavy atom. The number of nitro groups is 1. The Bertz CT molecular complexity index is 540. The molecule has 0 bridgehead atoms. The molecule has 1 aromatic rings. The quantitative estimate of drug-likeness (QED) is 0.496. The maximum atomic E-state index is 10.7. The number of hydrogen-bond donors (Lipinski definition) is 1. The second-order valence-corrected chi connectivity index (χ2v) is 6.43. The first-order valence-corrected chi connectivity index (χ1v) is 7.82. The molecule has 0 amide bonds. The van der Waals surface area contributed by atoms with Crippen molar-refractivity contribution in [2.75, 3.05) is 25.0 Å². The maximum Gasteiger partial charge on any atom is 0.270 e. The molecule has 1 heterocycles. The molecule has 0 aromatic heterocycles. The van der Waals surface area contributed by atoms with E-state index in [9.17, 15) is 10.1 Å². The first kappa shape index (κ1) is 16.0. The fourth-order valence-corrected chi connectivity index (χ4v) is 3.05. The Morgan fingerprint density at radius 2 is 2.19 bits per heavy atom. The normalized spacial score (nSPS) is 16.7. The fourth-order valence-electron chi connectivity index (χ4n) is 2.57. The highest BCUT2D eigenvalue weighted by Crippen LogP contribution is 2.29. The third-order valence-corrected chi connectivity index (χ3v) is 4.26. The molecular formula is C15H20BrN3O2. The van der Waals surface area contributed by atoms with Crippen LogP contribution in [0.5, 0.6) is 0 Å². The van der Waals surface area contributed by atoms with Crippen LogP contribution in [0.1, 0.15) is 19.8 Å². The van der Waals surface area contributed by atoms with Gasteiger partial charge in [-0.3, -0.25) is 15.0 Å². The van der Waals surface area contributed by atoms with Crippen molar-refractivity contribution in [1.82, 2.24) is 4.90 Å². The molecule has 1 aliphatic rings. The first-order valence-electron chi connectivity index (χ1n) is 7.03. The van der Waals surface area contributed by atoms with E-state index in [-0.39, 0.29) is 10.6 Å². The van der Waals surface area contributed by atoms with Crippen molar-refractivity contribution in [3.05, 3.63) is 44.9 Å². The minimum atomic E-state index is -0.384. The number of likely N-dealkylation sites (tertiary alicyclic amines) is 1. The van der Waals surface area contributed by atoms with Crippen molar-refractivity contribution >= 4 is 27.3 Å². The van der Waals surface area contributed by atoms with E-state index in [1.165, 1.54) is 11.6 Å². The molecule has 0 spiro atoms. The zero-order valence-electron chi connectivity index (χ0n) is 12.1. The minimum absolute atomic E-state index is 0.101. The summed E-state index contributed by atoms with van der Waals surface area (Å²) in [6.07, 6.45) is 2.13. The van der Waals surface area contributed by atoms with Crippen LogP contribution in [0.15, 0.2) is 34.8 Å². The molecule has 21 heavy (non-hydrogen) atoms. The molecule has 0 radical (unpaired) electrons. The first-order chi connectivity index (χ1) is 9.95. The molecule has 0 saturated carbocycles. The van der Waals surface area contributed by atoms with Gasteiger partial charge in [-0.25, -0.2) is 0 Å². The monoisotopic (exact) mass is 353 g/mol. The van der Waals surface area contributed by atoms with Gasteiger partial charge in [0.2, 0.25) is 0 Å². The molecule has 1 aromatic carbocycles. The summed E-state index contributed by atoms with van der Waals surface area (Å²) in [4.78, 5) is 12.8. The lowest BCUT2D eigenvalue weighted by Gasteiger charge is -2.33. The van der Waals surface area contributed by atoms with Crippen LogP contribution in [0.3, 0.4) is 0 Å². The number of halogens is 1. The number of piperidine rings is 1. The van der Waals surface area contributed by atoms with Crippen LogP contribution in [0.2, 0.25) is 0 Å². The number of hydrogen-bond acceptors (Lipinski definition) is 4. The van der Waals surface area contributed by atoms with Crippen molar-refractivity contribution in [3.63, 3.8) is 0 Å². The summed E-state index contributed by atoms with van der Waals surface area (Å²) in [5.41, 5.74) is 2.21. The Kier molecular flexibility index (Phi) is 5.36. The fraction of sp³-hybridized carbons (Fsp3) is 0.467. The van der Waals surface area contributed by atoms with Crippen LogP contribution in [0.4, 0.5) is 11.4 Å². The smallest absolute Gasteiger partial charge is 0.270 e. The van der Waals surface area contributed by atoms with Gasteiger partial charge in [0.25, 0.3) is 5.69 Å². The number of nitro benzene ring substituents is 1. The summed E-state index contributed by atoms with van der Waals surface area (Å²) in [6, 6.07) is 5.24. The second kappa shape index (κ2) is 7.04. The average molecular weight is 354 g/mol. The third-order valence-electron chi connectivity index (χ3n) is 3.60. The maximum absolute atomic E-state index is 10.7. The van der Waals surface area contributed by atoms with Gasteiger partial charge < -0.3 is 5.32 Å².